The molecule has 0 aromatic rings. The van der Waals surface area contributed by atoms with Crippen LogP contribution in [-0.4, -0.2) is 37.9 Å². The summed E-state index contributed by atoms with van der Waals surface area (Å²) in [6.45, 7) is 2.12. The minimum atomic E-state index is 0.120. The average Bonchev–Trinajstić information content (AvgIpc) is 2.87. The molecule has 2 aliphatic rings. The highest BCUT2D eigenvalue weighted by Crippen LogP contribution is 2.22. The van der Waals surface area contributed by atoms with Crippen molar-refractivity contribution in [1.82, 2.24) is 0 Å². The van der Waals surface area contributed by atoms with Gasteiger partial charge in [-0.25, -0.2) is 0 Å². The predicted octanol–water partition coefficient (Wildman–Crippen LogP) is -0.866. The summed E-state index contributed by atoms with van der Waals surface area (Å²) in [5.41, 5.74) is 22.1. The third kappa shape index (κ3) is 3.99. The van der Waals surface area contributed by atoms with Crippen molar-refractivity contribution in [3.05, 3.63) is 0 Å². The number of hydrogen-bond acceptors (Lipinski definition) is 5. The first-order valence-electron chi connectivity index (χ1n) is 6.22. The molecule has 1 aliphatic heterocycles. The van der Waals surface area contributed by atoms with Gasteiger partial charge in [-0.15, -0.1) is 0 Å². The van der Waals surface area contributed by atoms with Crippen LogP contribution in [0.5, 0.6) is 0 Å². The minimum absolute atomic E-state index is 0.120. The highest BCUT2D eigenvalue weighted by Gasteiger charge is 2.22. The zero-order chi connectivity index (χ0) is 12.0. The molecule has 16 heavy (non-hydrogen) atoms. The highest BCUT2D eigenvalue weighted by atomic mass is 16.5. The molecule has 0 spiro atoms. The average molecular weight is 230 g/mol. The Morgan fingerprint density at radius 2 is 1.69 bits per heavy atom. The van der Waals surface area contributed by atoms with E-state index in [1.54, 1.807) is 0 Å². The smallest absolute Gasteiger partial charge is 0.0848 e. The van der Waals surface area contributed by atoms with Crippen molar-refractivity contribution in [1.29, 1.82) is 0 Å². The fourth-order valence-corrected chi connectivity index (χ4v) is 2.27. The Labute approximate surface area is 97.9 Å². The zero-order valence-electron chi connectivity index (χ0n) is 9.98. The molecule has 1 saturated carbocycles. The van der Waals surface area contributed by atoms with Crippen LogP contribution in [0.3, 0.4) is 0 Å². The summed E-state index contributed by atoms with van der Waals surface area (Å²) in [6.07, 6.45) is 4.79. The Hall–Kier alpha value is -0.200. The van der Waals surface area contributed by atoms with Crippen LogP contribution in [0.25, 0.3) is 0 Å². The van der Waals surface area contributed by atoms with Crippen molar-refractivity contribution < 1.29 is 4.74 Å². The van der Waals surface area contributed by atoms with Crippen LogP contribution in [0.4, 0.5) is 0 Å². The minimum Gasteiger partial charge on any atom is -0.375 e. The number of ether oxygens (including phenoxy) is 1. The molecule has 2 rings (SSSR count). The molecule has 5 nitrogen and oxygen atoms in total. The van der Waals surface area contributed by atoms with Gasteiger partial charge in [-0.1, -0.05) is 6.42 Å². The number of hydrogen-bond donors (Lipinski definition) is 4. The van der Waals surface area contributed by atoms with Crippen LogP contribution in [0, 0.1) is 5.92 Å². The van der Waals surface area contributed by atoms with Crippen LogP contribution in [0.1, 0.15) is 25.7 Å². The molecule has 0 bridgehead atoms. The van der Waals surface area contributed by atoms with Crippen molar-refractivity contribution in [2.24, 2.45) is 28.9 Å². The first-order chi connectivity index (χ1) is 7.69. The maximum Gasteiger partial charge on any atom is 0.0848 e. The lowest BCUT2D eigenvalue weighted by Crippen LogP contribution is -2.35. The molecule has 1 heterocycles. The van der Waals surface area contributed by atoms with E-state index < -0.39 is 0 Å². The quantitative estimate of drug-likeness (QED) is 0.492. The Balaban J connectivity index is 0.000000160. The monoisotopic (exact) mass is 230 g/mol. The molecular formula is C11H26N4O. The van der Waals surface area contributed by atoms with E-state index in [2.05, 4.69) is 0 Å². The Kier molecular flexibility index (Phi) is 6.23. The molecule has 4 atom stereocenters. The molecule has 1 aliphatic carbocycles. The van der Waals surface area contributed by atoms with Gasteiger partial charge in [0.15, 0.2) is 0 Å². The predicted molar refractivity (Wildman–Crippen MR) is 65.8 cm³/mol. The van der Waals surface area contributed by atoms with Gasteiger partial charge in [-0.2, -0.15) is 0 Å². The van der Waals surface area contributed by atoms with Gasteiger partial charge in [0, 0.05) is 25.2 Å². The maximum absolute atomic E-state index is 5.71. The first-order valence-corrected chi connectivity index (χ1v) is 6.22. The fourth-order valence-electron chi connectivity index (χ4n) is 2.27. The van der Waals surface area contributed by atoms with E-state index in [-0.39, 0.29) is 12.1 Å². The van der Waals surface area contributed by atoms with Crippen LogP contribution in [-0.2, 0) is 4.74 Å². The Morgan fingerprint density at radius 3 is 1.94 bits per heavy atom. The van der Waals surface area contributed by atoms with Gasteiger partial charge in [0.2, 0.25) is 0 Å². The van der Waals surface area contributed by atoms with Crippen molar-refractivity contribution in [3.8, 4) is 0 Å². The summed E-state index contributed by atoms with van der Waals surface area (Å²) in [7, 11) is 0. The summed E-state index contributed by atoms with van der Waals surface area (Å²) in [6, 6.07) is 0.583. The second-order valence-corrected chi connectivity index (χ2v) is 4.69. The standard InChI is InChI=1S/C6H14N2.C5H12N2O/c7-4-5-2-1-3-6(5)8;6-3-5-4(7)1-2-8-5/h5-6H,1-4,7-8H2;4-5H,1-3,6-7H2. The van der Waals surface area contributed by atoms with E-state index >= 15 is 0 Å². The zero-order valence-corrected chi connectivity index (χ0v) is 9.98. The van der Waals surface area contributed by atoms with Crippen LogP contribution < -0.4 is 22.9 Å². The fraction of sp³-hybridized carbons (Fsp3) is 1.00. The third-order valence-corrected chi connectivity index (χ3v) is 3.51. The van der Waals surface area contributed by atoms with E-state index in [1.165, 1.54) is 19.3 Å². The lowest BCUT2D eigenvalue weighted by Gasteiger charge is -2.10. The van der Waals surface area contributed by atoms with Crippen LogP contribution in [0.15, 0.2) is 0 Å². The van der Waals surface area contributed by atoms with Crippen molar-refractivity contribution in [2.45, 2.75) is 43.9 Å². The maximum atomic E-state index is 5.71. The molecule has 2 fully saturated rings. The molecule has 96 valence electrons. The van der Waals surface area contributed by atoms with Crippen molar-refractivity contribution in [3.63, 3.8) is 0 Å². The summed E-state index contributed by atoms with van der Waals surface area (Å²) < 4.78 is 5.16. The third-order valence-electron chi connectivity index (χ3n) is 3.51. The highest BCUT2D eigenvalue weighted by molar-refractivity contribution is 4.80. The van der Waals surface area contributed by atoms with E-state index in [0.717, 1.165) is 19.6 Å². The summed E-state index contributed by atoms with van der Waals surface area (Å²) in [5.74, 6) is 0.620. The van der Waals surface area contributed by atoms with Gasteiger partial charge in [0.05, 0.1) is 6.10 Å². The second-order valence-electron chi connectivity index (χ2n) is 4.69. The summed E-state index contributed by atoms with van der Waals surface area (Å²) in [5, 5.41) is 0. The Morgan fingerprint density at radius 1 is 0.938 bits per heavy atom. The molecule has 0 aromatic carbocycles. The lowest BCUT2D eigenvalue weighted by atomic mass is 10.1. The number of rotatable bonds is 2. The topological polar surface area (TPSA) is 113 Å². The molecular weight excluding hydrogens is 204 g/mol. The molecule has 0 amide bonds. The SMILES string of the molecule is NCC1CCCC1N.NCC1OCCC1N. The molecule has 0 radical (unpaired) electrons. The summed E-state index contributed by atoms with van der Waals surface area (Å²) >= 11 is 0. The first kappa shape index (κ1) is 13.9. The molecule has 1 saturated heterocycles. The van der Waals surface area contributed by atoms with Gasteiger partial charge in [-0.3, -0.25) is 0 Å². The molecule has 4 unspecified atom stereocenters. The number of nitrogens with two attached hydrogens (primary N) is 4. The van der Waals surface area contributed by atoms with Crippen LogP contribution >= 0.6 is 0 Å². The van der Waals surface area contributed by atoms with Gasteiger partial charge in [0.25, 0.3) is 0 Å². The van der Waals surface area contributed by atoms with E-state index in [4.69, 9.17) is 27.7 Å². The Bertz CT molecular complexity index is 171. The lowest BCUT2D eigenvalue weighted by molar-refractivity contribution is 0.111. The van der Waals surface area contributed by atoms with E-state index in [1.807, 2.05) is 0 Å². The van der Waals surface area contributed by atoms with E-state index in [9.17, 15) is 0 Å². The van der Waals surface area contributed by atoms with Crippen molar-refractivity contribution >= 4 is 0 Å². The van der Waals surface area contributed by atoms with Crippen LogP contribution in [0.2, 0.25) is 0 Å². The molecule has 5 heteroatoms. The molecule has 8 N–H and O–H groups in total. The van der Waals surface area contributed by atoms with Crippen molar-refractivity contribution in [2.75, 3.05) is 19.7 Å². The molecule has 0 aromatic heterocycles. The summed E-state index contributed by atoms with van der Waals surface area (Å²) in [4.78, 5) is 0. The van der Waals surface area contributed by atoms with Gasteiger partial charge < -0.3 is 27.7 Å². The van der Waals surface area contributed by atoms with Gasteiger partial charge >= 0.3 is 0 Å². The van der Waals surface area contributed by atoms with Gasteiger partial charge in [0.1, 0.15) is 0 Å². The normalized spacial score (nSPS) is 38.2. The largest absolute Gasteiger partial charge is 0.375 e. The van der Waals surface area contributed by atoms with E-state index in [0.29, 0.717) is 18.5 Å². The van der Waals surface area contributed by atoms with Gasteiger partial charge in [-0.05, 0) is 31.7 Å². The second kappa shape index (κ2) is 7.19.